The lowest BCUT2D eigenvalue weighted by Gasteiger charge is -2.33. The predicted molar refractivity (Wildman–Crippen MR) is 95.3 cm³/mol. The normalized spacial score (nSPS) is 20.0. The van der Waals surface area contributed by atoms with E-state index in [1.807, 2.05) is 18.2 Å². The van der Waals surface area contributed by atoms with Gasteiger partial charge in [-0.2, -0.15) is 0 Å². The highest BCUT2D eigenvalue weighted by atomic mass is 16.5. The fraction of sp³-hybridized carbons (Fsp3) is 0.632. The van der Waals surface area contributed by atoms with Crippen molar-refractivity contribution >= 4 is 5.91 Å². The van der Waals surface area contributed by atoms with Crippen molar-refractivity contribution in [1.29, 1.82) is 0 Å². The minimum Gasteiger partial charge on any atom is -0.491 e. The van der Waals surface area contributed by atoms with Crippen molar-refractivity contribution < 1.29 is 14.6 Å². The number of amides is 1. The third-order valence-corrected chi connectivity index (χ3v) is 4.56. The molecule has 2 N–H and O–H groups in total. The Labute approximate surface area is 145 Å². The van der Waals surface area contributed by atoms with Crippen LogP contribution in [0.1, 0.15) is 38.2 Å². The maximum atomic E-state index is 11.8. The summed E-state index contributed by atoms with van der Waals surface area (Å²) in [7, 11) is 1.68. The van der Waals surface area contributed by atoms with Gasteiger partial charge in [-0.05, 0) is 36.9 Å². The van der Waals surface area contributed by atoms with E-state index in [-0.39, 0.29) is 18.4 Å². The summed E-state index contributed by atoms with van der Waals surface area (Å²) in [5.41, 5.74) is 1.15. The molecule has 0 spiro atoms. The van der Waals surface area contributed by atoms with Crippen LogP contribution in [0.2, 0.25) is 0 Å². The Bertz CT molecular complexity index is 533. The van der Waals surface area contributed by atoms with Crippen molar-refractivity contribution in [2.24, 2.45) is 5.92 Å². The lowest BCUT2D eigenvalue weighted by Crippen LogP contribution is -2.45. The Morgan fingerprint density at radius 2 is 2.17 bits per heavy atom. The van der Waals surface area contributed by atoms with E-state index in [1.54, 1.807) is 7.05 Å². The second-order valence-electron chi connectivity index (χ2n) is 6.87. The number of aliphatic hydroxyl groups excluding tert-OH is 1. The van der Waals surface area contributed by atoms with Crippen LogP contribution in [-0.2, 0) is 4.79 Å². The van der Waals surface area contributed by atoms with E-state index < -0.39 is 6.10 Å². The van der Waals surface area contributed by atoms with Gasteiger partial charge in [-0.25, -0.2) is 0 Å². The molecular weight excluding hydrogens is 304 g/mol. The summed E-state index contributed by atoms with van der Waals surface area (Å²) in [5.74, 6) is 1.34. The third-order valence-electron chi connectivity index (χ3n) is 4.56. The second kappa shape index (κ2) is 9.04. The Kier molecular flexibility index (Phi) is 7.06. The molecule has 0 aromatic heterocycles. The molecule has 1 aliphatic heterocycles. The van der Waals surface area contributed by atoms with E-state index in [0.717, 1.165) is 30.7 Å². The fourth-order valence-corrected chi connectivity index (χ4v) is 3.27. The highest BCUT2D eigenvalue weighted by molar-refractivity contribution is 5.78. The number of carbonyl (C=O) groups is 1. The molecule has 1 aromatic rings. The van der Waals surface area contributed by atoms with E-state index in [4.69, 9.17) is 4.74 Å². The summed E-state index contributed by atoms with van der Waals surface area (Å²) in [5, 5.41) is 13.0. The predicted octanol–water partition coefficient (Wildman–Crippen LogP) is 2.01. The molecule has 1 aromatic carbocycles. The standard InChI is InChI=1S/C19H30N2O3/c1-14(2)17-8-4-5-9-18(17)24-13-16(22)12-21-10-6-7-15(11-21)19(23)20-3/h4-5,8-9,14-16,22H,6-7,10-13H2,1-3H3,(H,20,23). The van der Waals surface area contributed by atoms with Gasteiger partial charge in [0.1, 0.15) is 18.5 Å². The molecule has 5 heteroatoms. The number of hydrogen-bond acceptors (Lipinski definition) is 4. The zero-order valence-corrected chi connectivity index (χ0v) is 15.0. The zero-order valence-electron chi connectivity index (χ0n) is 15.0. The van der Waals surface area contributed by atoms with E-state index in [1.165, 1.54) is 0 Å². The molecule has 1 heterocycles. The van der Waals surface area contributed by atoms with Gasteiger partial charge in [-0.1, -0.05) is 32.0 Å². The number of aliphatic hydroxyl groups is 1. The van der Waals surface area contributed by atoms with Gasteiger partial charge in [0.25, 0.3) is 0 Å². The van der Waals surface area contributed by atoms with Gasteiger partial charge in [-0.15, -0.1) is 0 Å². The molecule has 0 saturated carbocycles. The van der Waals surface area contributed by atoms with Crippen LogP contribution in [0.4, 0.5) is 0 Å². The number of hydrogen-bond donors (Lipinski definition) is 2. The minimum atomic E-state index is -0.561. The molecule has 2 rings (SSSR count). The van der Waals surface area contributed by atoms with Crippen molar-refractivity contribution in [1.82, 2.24) is 10.2 Å². The first kappa shape index (κ1) is 18.7. The second-order valence-corrected chi connectivity index (χ2v) is 6.87. The van der Waals surface area contributed by atoms with Gasteiger partial charge in [0.15, 0.2) is 0 Å². The molecule has 2 atom stereocenters. The van der Waals surface area contributed by atoms with Crippen LogP contribution in [0.25, 0.3) is 0 Å². The molecule has 134 valence electrons. The fourth-order valence-electron chi connectivity index (χ4n) is 3.27. The topological polar surface area (TPSA) is 61.8 Å². The van der Waals surface area contributed by atoms with Crippen LogP contribution in [0.5, 0.6) is 5.75 Å². The average molecular weight is 334 g/mol. The maximum Gasteiger partial charge on any atom is 0.224 e. The van der Waals surface area contributed by atoms with Crippen LogP contribution < -0.4 is 10.1 Å². The van der Waals surface area contributed by atoms with E-state index in [2.05, 4.69) is 30.1 Å². The van der Waals surface area contributed by atoms with Crippen LogP contribution >= 0.6 is 0 Å². The summed E-state index contributed by atoms with van der Waals surface area (Å²) in [6, 6.07) is 7.97. The van der Waals surface area contributed by atoms with Crippen molar-refractivity contribution in [3.63, 3.8) is 0 Å². The average Bonchev–Trinajstić information content (AvgIpc) is 2.59. The van der Waals surface area contributed by atoms with Gasteiger partial charge >= 0.3 is 0 Å². The molecule has 0 aliphatic carbocycles. The van der Waals surface area contributed by atoms with E-state index in [0.29, 0.717) is 19.0 Å². The zero-order chi connectivity index (χ0) is 17.5. The SMILES string of the molecule is CNC(=O)C1CCCN(CC(O)COc2ccccc2C(C)C)C1. The monoisotopic (exact) mass is 334 g/mol. The maximum absolute atomic E-state index is 11.8. The smallest absolute Gasteiger partial charge is 0.224 e. The molecule has 24 heavy (non-hydrogen) atoms. The number of ether oxygens (including phenoxy) is 1. The molecule has 1 aliphatic rings. The van der Waals surface area contributed by atoms with E-state index in [9.17, 15) is 9.90 Å². The number of likely N-dealkylation sites (tertiary alicyclic amines) is 1. The molecule has 1 fully saturated rings. The Balaban J connectivity index is 1.83. The van der Waals surface area contributed by atoms with Crippen molar-refractivity contribution in [3.05, 3.63) is 29.8 Å². The number of nitrogens with zero attached hydrogens (tertiary/aromatic N) is 1. The first-order chi connectivity index (χ1) is 11.5. The summed E-state index contributed by atoms with van der Waals surface area (Å²) < 4.78 is 5.84. The number of nitrogens with one attached hydrogen (secondary N) is 1. The summed E-state index contributed by atoms with van der Waals surface area (Å²) >= 11 is 0. The number of β-amino-alcohol motifs (C(OH)–C–C–N with tert-alkyl or cyclic N) is 1. The van der Waals surface area contributed by atoms with Gasteiger partial charge < -0.3 is 15.2 Å². The molecule has 1 amide bonds. The van der Waals surface area contributed by atoms with Crippen LogP contribution in [-0.4, -0.2) is 55.3 Å². The summed E-state index contributed by atoms with van der Waals surface area (Å²) in [6.45, 7) is 6.70. The van der Waals surface area contributed by atoms with Crippen LogP contribution in [0, 0.1) is 5.92 Å². The molecule has 0 radical (unpaired) electrons. The molecule has 5 nitrogen and oxygen atoms in total. The summed E-state index contributed by atoms with van der Waals surface area (Å²) in [6.07, 6.45) is 1.35. The van der Waals surface area contributed by atoms with Crippen molar-refractivity contribution in [3.8, 4) is 5.75 Å². The first-order valence-corrected chi connectivity index (χ1v) is 8.85. The first-order valence-electron chi connectivity index (χ1n) is 8.85. The Morgan fingerprint density at radius 1 is 1.42 bits per heavy atom. The van der Waals surface area contributed by atoms with Crippen molar-refractivity contribution in [2.45, 2.75) is 38.7 Å². The molecular formula is C19H30N2O3. The van der Waals surface area contributed by atoms with Gasteiger partial charge in [-0.3, -0.25) is 9.69 Å². The Morgan fingerprint density at radius 3 is 2.88 bits per heavy atom. The number of piperidine rings is 1. The molecule has 1 saturated heterocycles. The number of rotatable bonds is 7. The molecule has 0 bridgehead atoms. The number of para-hydroxylation sites is 1. The minimum absolute atomic E-state index is 0.0264. The van der Waals surface area contributed by atoms with Crippen LogP contribution in [0.3, 0.4) is 0 Å². The van der Waals surface area contributed by atoms with Crippen molar-refractivity contribution in [2.75, 3.05) is 33.3 Å². The van der Waals surface area contributed by atoms with Crippen LogP contribution in [0.15, 0.2) is 24.3 Å². The van der Waals surface area contributed by atoms with Gasteiger partial charge in [0.2, 0.25) is 5.91 Å². The lowest BCUT2D eigenvalue weighted by molar-refractivity contribution is -0.126. The van der Waals surface area contributed by atoms with Gasteiger partial charge in [0.05, 0.1) is 5.92 Å². The lowest BCUT2D eigenvalue weighted by atomic mass is 9.97. The van der Waals surface area contributed by atoms with E-state index >= 15 is 0 Å². The largest absolute Gasteiger partial charge is 0.491 e. The van der Waals surface area contributed by atoms with Gasteiger partial charge in [0, 0.05) is 20.1 Å². The molecule has 2 unspecified atom stereocenters. The number of benzene rings is 1. The quantitative estimate of drug-likeness (QED) is 0.801. The third kappa shape index (κ3) is 5.21. The Hall–Kier alpha value is -1.59. The highest BCUT2D eigenvalue weighted by Crippen LogP contribution is 2.26. The number of carbonyl (C=O) groups excluding carboxylic acids is 1. The highest BCUT2D eigenvalue weighted by Gasteiger charge is 2.26. The summed E-state index contributed by atoms with van der Waals surface area (Å²) in [4.78, 5) is 13.9.